The minimum atomic E-state index is -0.518. The van der Waals surface area contributed by atoms with Gasteiger partial charge < -0.3 is 4.74 Å². The first kappa shape index (κ1) is 10.4. The predicted octanol–water partition coefficient (Wildman–Crippen LogP) is 3.08. The monoisotopic (exact) mass is 246 g/mol. The molecule has 0 spiro atoms. The lowest BCUT2D eigenvalue weighted by atomic mass is 10.2. The molecule has 3 nitrogen and oxygen atoms in total. The van der Waals surface area contributed by atoms with Crippen LogP contribution in [0.5, 0.6) is 5.75 Å². The van der Waals surface area contributed by atoms with Crippen LogP contribution in [0.25, 0.3) is 10.9 Å². The number of nitrogens with zero attached hydrogens (tertiary/aromatic N) is 2. The van der Waals surface area contributed by atoms with E-state index in [0.29, 0.717) is 5.39 Å². The van der Waals surface area contributed by atoms with Crippen molar-refractivity contribution in [3.05, 3.63) is 28.4 Å². The van der Waals surface area contributed by atoms with Crippen LogP contribution in [0, 0.1) is 5.82 Å². The number of hydrogen-bond donors (Lipinski definition) is 0. The van der Waals surface area contributed by atoms with Crippen molar-refractivity contribution < 1.29 is 9.13 Å². The summed E-state index contributed by atoms with van der Waals surface area (Å²) in [5.74, 6) is -0.505. The summed E-state index contributed by atoms with van der Waals surface area (Å²) in [6.07, 6.45) is 0. The molecule has 1 heterocycles. The fourth-order valence-corrected chi connectivity index (χ4v) is 1.72. The number of fused-ring (bicyclic) bond motifs is 1. The van der Waals surface area contributed by atoms with Crippen molar-refractivity contribution in [2.24, 2.45) is 0 Å². The molecule has 0 radical (unpaired) electrons. The molecule has 6 heteroatoms. The minimum absolute atomic E-state index is 0.0127. The van der Waals surface area contributed by atoms with Crippen molar-refractivity contribution in [1.82, 2.24) is 9.97 Å². The summed E-state index contributed by atoms with van der Waals surface area (Å²) < 4.78 is 18.2. The highest BCUT2D eigenvalue weighted by Crippen LogP contribution is 2.31. The average molecular weight is 247 g/mol. The summed E-state index contributed by atoms with van der Waals surface area (Å²) >= 11 is 11.5. The minimum Gasteiger partial charge on any atom is -0.491 e. The van der Waals surface area contributed by atoms with Gasteiger partial charge in [-0.2, -0.15) is 0 Å². The zero-order valence-corrected chi connectivity index (χ0v) is 9.10. The van der Waals surface area contributed by atoms with E-state index in [1.165, 1.54) is 19.2 Å². The third kappa shape index (κ3) is 1.70. The molecule has 2 aromatic rings. The van der Waals surface area contributed by atoms with E-state index in [1.807, 2.05) is 0 Å². The highest BCUT2D eigenvalue weighted by molar-refractivity contribution is 6.35. The summed E-state index contributed by atoms with van der Waals surface area (Å²) in [4.78, 5) is 7.62. The summed E-state index contributed by atoms with van der Waals surface area (Å²) in [7, 11) is 1.35. The van der Waals surface area contributed by atoms with Crippen LogP contribution in [0.4, 0.5) is 4.39 Å². The molecule has 0 aliphatic heterocycles. The van der Waals surface area contributed by atoms with E-state index in [9.17, 15) is 4.39 Å². The number of ether oxygens (including phenoxy) is 1. The second-order valence-corrected chi connectivity index (χ2v) is 3.46. The summed E-state index contributed by atoms with van der Waals surface area (Å²) in [5.41, 5.74) is 0.266. The molecular weight excluding hydrogens is 242 g/mol. The molecule has 0 fully saturated rings. The quantitative estimate of drug-likeness (QED) is 0.573. The molecule has 0 unspecified atom stereocenters. The van der Waals surface area contributed by atoms with Gasteiger partial charge in [-0.05, 0) is 23.7 Å². The van der Waals surface area contributed by atoms with Gasteiger partial charge in [0.05, 0.1) is 7.11 Å². The Morgan fingerprint density at radius 1 is 1.27 bits per heavy atom. The molecule has 0 atom stereocenters. The molecule has 2 rings (SSSR count). The Hall–Kier alpha value is -1.13. The normalized spacial score (nSPS) is 10.7. The number of benzene rings is 1. The molecule has 78 valence electrons. The van der Waals surface area contributed by atoms with E-state index in [1.54, 1.807) is 0 Å². The Morgan fingerprint density at radius 2 is 2.00 bits per heavy atom. The van der Waals surface area contributed by atoms with Gasteiger partial charge in [-0.25, -0.2) is 14.4 Å². The zero-order valence-electron chi connectivity index (χ0n) is 7.59. The molecule has 1 aromatic heterocycles. The van der Waals surface area contributed by atoms with Crippen LogP contribution >= 0.6 is 23.2 Å². The van der Waals surface area contributed by atoms with E-state index >= 15 is 0 Å². The molecule has 1 aromatic carbocycles. The van der Waals surface area contributed by atoms with E-state index < -0.39 is 5.82 Å². The van der Waals surface area contributed by atoms with Crippen LogP contribution < -0.4 is 4.74 Å². The van der Waals surface area contributed by atoms with Crippen LogP contribution in [-0.2, 0) is 0 Å². The maximum absolute atomic E-state index is 13.3. The molecule has 0 amide bonds. The van der Waals surface area contributed by atoms with Gasteiger partial charge in [0.1, 0.15) is 10.7 Å². The van der Waals surface area contributed by atoms with E-state index in [2.05, 4.69) is 9.97 Å². The van der Waals surface area contributed by atoms with Crippen LogP contribution in [0.3, 0.4) is 0 Å². The summed E-state index contributed by atoms with van der Waals surface area (Å²) in [6.45, 7) is 0. The first-order valence-electron chi connectivity index (χ1n) is 3.98. The van der Waals surface area contributed by atoms with Gasteiger partial charge in [-0.15, -0.1) is 0 Å². The Morgan fingerprint density at radius 3 is 2.67 bits per heavy atom. The SMILES string of the molecule is COc1c(F)ccc2c(Cl)nc(Cl)nc12. The number of methoxy groups -OCH3 is 1. The third-order valence-corrected chi connectivity index (χ3v) is 2.36. The fraction of sp³-hybridized carbons (Fsp3) is 0.111. The number of aromatic nitrogens is 2. The largest absolute Gasteiger partial charge is 0.491 e. The Bertz CT molecular complexity index is 533. The van der Waals surface area contributed by atoms with Crippen molar-refractivity contribution in [2.45, 2.75) is 0 Å². The molecule has 0 saturated heterocycles. The van der Waals surface area contributed by atoms with Gasteiger partial charge in [0.15, 0.2) is 11.6 Å². The molecule has 0 saturated carbocycles. The highest BCUT2D eigenvalue weighted by atomic mass is 35.5. The standard InChI is InChI=1S/C9H5Cl2FN2O/c1-15-7-5(12)3-2-4-6(7)13-9(11)14-8(4)10/h2-3H,1H3. The lowest BCUT2D eigenvalue weighted by Gasteiger charge is -2.06. The van der Waals surface area contributed by atoms with Crippen molar-refractivity contribution in [3.63, 3.8) is 0 Å². The second kappa shape index (κ2) is 3.79. The van der Waals surface area contributed by atoms with Crippen LogP contribution in [0.15, 0.2) is 12.1 Å². The lowest BCUT2D eigenvalue weighted by Crippen LogP contribution is -1.94. The Labute approximate surface area is 94.8 Å². The molecule has 0 bridgehead atoms. The first-order chi connectivity index (χ1) is 7.13. The number of halogens is 3. The average Bonchev–Trinajstić information content (AvgIpc) is 2.17. The summed E-state index contributed by atoms with van der Waals surface area (Å²) in [6, 6.07) is 2.72. The van der Waals surface area contributed by atoms with E-state index in [4.69, 9.17) is 27.9 Å². The van der Waals surface area contributed by atoms with Gasteiger partial charge in [0.2, 0.25) is 5.28 Å². The number of hydrogen-bond acceptors (Lipinski definition) is 3. The maximum Gasteiger partial charge on any atom is 0.224 e. The van der Waals surface area contributed by atoms with E-state index in [0.717, 1.165) is 0 Å². The van der Waals surface area contributed by atoms with Crippen LogP contribution in [-0.4, -0.2) is 17.1 Å². The molecule has 0 aliphatic carbocycles. The van der Waals surface area contributed by atoms with Gasteiger partial charge in [0, 0.05) is 5.39 Å². The van der Waals surface area contributed by atoms with E-state index in [-0.39, 0.29) is 21.7 Å². The zero-order chi connectivity index (χ0) is 11.0. The maximum atomic E-state index is 13.3. The number of rotatable bonds is 1. The molecule has 15 heavy (non-hydrogen) atoms. The van der Waals surface area contributed by atoms with Gasteiger partial charge in [0.25, 0.3) is 0 Å². The second-order valence-electron chi connectivity index (χ2n) is 2.76. The van der Waals surface area contributed by atoms with Crippen molar-refractivity contribution in [1.29, 1.82) is 0 Å². The predicted molar refractivity (Wildman–Crippen MR) is 56.1 cm³/mol. The topological polar surface area (TPSA) is 35.0 Å². The third-order valence-electron chi connectivity index (χ3n) is 1.90. The Balaban J connectivity index is 2.91. The highest BCUT2D eigenvalue weighted by Gasteiger charge is 2.13. The van der Waals surface area contributed by atoms with Gasteiger partial charge in [-0.3, -0.25) is 0 Å². The molecule has 0 N–H and O–H groups in total. The Kier molecular flexibility index (Phi) is 2.63. The van der Waals surface area contributed by atoms with Crippen molar-refractivity contribution >= 4 is 34.1 Å². The van der Waals surface area contributed by atoms with Crippen molar-refractivity contribution in [3.8, 4) is 5.75 Å². The summed E-state index contributed by atoms with van der Waals surface area (Å²) in [5, 5.41) is 0.624. The lowest BCUT2D eigenvalue weighted by molar-refractivity contribution is 0.391. The fourth-order valence-electron chi connectivity index (χ4n) is 1.28. The molecule has 0 aliphatic rings. The van der Waals surface area contributed by atoms with Gasteiger partial charge in [-0.1, -0.05) is 11.6 Å². The van der Waals surface area contributed by atoms with Crippen LogP contribution in [0.2, 0.25) is 10.4 Å². The van der Waals surface area contributed by atoms with Crippen LogP contribution in [0.1, 0.15) is 0 Å². The molecular formula is C9H5Cl2FN2O. The van der Waals surface area contributed by atoms with Crippen molar-refractivity contribution in [2.75, 3.05) is 7.11 Å². The smallest absolute Gasteiger partial charge is 0.224 e. The first-order valence-corrected chi connectivity index (χ1v) is 4.74. The van der Waals surface area contributed by atoms with Gasteiger partial charge >= 0.3 is 0 Å².